The number of rotatable bonds is 4. The molecule has 0 atom stereocenters. The molecule has 0 amide bonds. The first kappa shape index (κ1) is 11.9. The van der Waals surface area contributed by atoms with Crippen LogP contribution in [0.15, 0.2) is 36.7 Å². The molecule has 0 spiro atoms. The van der Waals surface area contributed by atoms with Crippen LogP contribution in [-0.4, -0.2) is 15.6 Å². The zero-order chi connectivity index (χ0) is 12.3. The van der Waals surface area contributed by atoms with Crippen LogP contribution in [0.2, 0.25) is 5.02 Å². The molecular formula is C13H13ClN2O. The zero-order valence-corrected chi connectivity index (χ0v) is 10.3. The maximum absolute atomic E-state index is 11.9. The molecule has 1 heterocycles. The Hall–Kier alpha value is -1.61. The van der Waals surface area contributed by atoms with E-state index in [1.165, 1.54) is 11.8 Å². The van der Waals surface area contributed by atoms with E-state index in [0.29, 0.717) is 10.6 Å². The summed E-state index contributed by atoms with van der Waals surface area (Å²) in [5, 5.41) is 4.52. The molecule has 0 N–H and O–H groups in total. The summed E-state index contributed by atoms with van der Waals surface area (Å²) < 4.78 is 1.54. The molecule has 0 aliphatic carbocycles. The van der Waals surface area contributed by atoms with Crippen molar-refractivity contribution in [3.8, 4) is 0 Å². The van der Waals surface area contributed by atoms with Crippen molar-refractivity contribution in [1.82, 2.24) is 9.78 Å². The Kier molecular flexibility index (Phi) is 3.59. The average molecular weight is 249 g/mol. The van der Waals surface area contributed by atoms with E-state index in [4.69, 9.17) is 11.6 Å². The third kappa shape index (κ3) is 2.94. The van der Waals surface area contributed by atoms with Crippen LogP contribution in [-0.2, 0) is 13.0 Å². The van der Waals surface area contributed by atoms with E-state index in [9.17, 15) is 4.79 Å². The predicted octanol–water partition coefficient (Wildman–Crippen LogP) is 2.98. The second-order valence-corrected chi connectivity index (χ2v) is 4.27. The number of hydrogen-bond donors (Lipinski definition) is 0. The Bertz CT molecular complexity index is 516. The van der Waals surface area contributed by atoms with Gasteiger partial charge in [0.2, 0.25) is 0 Å². The van der Waals surface area contributed by atoms with Crippen LogP contribution in [0.1, 0.15) is 22.8 Å². The summed E-state index contributed by atoms with van der Waals surface area (Å²) in [5.74, 6) is 0.0346. The Morgan fingerprint density at radius 1 is 1.35 bits per heavy atom. The summed E-state index contributed by atoms with van der Waals surface area (Å²) in [6.07, 6.45) is 4.14. The minimum Gasteiger partial charge on any atom is -0.292 e. The first-order chi connectivity index (χ1) is 8.19. The molecule has 2 aromatic rings. The number of carbonyl (C=O) groups excluding carboxylic acids is 1. The molecule has 4 heteroatoms. The number of benzene rings is 1. The Morgan fingerprint density at radius 2 is 2.06 bits per heavy atom. The van der Waals surface area contributed by atoms with Crippen LogP contribution >= 0.6 is 11.6 Å². The molecule has 0 saturated carbocycles. The summed E-state index contributed by atoms with van der Waals surface area (Å²) in [5.41, 5.74) is 1.93. The fourth-order valence-electron chi connectivity index (χ4n) is 1.59. The van der Waals surface area contributed by atoms with Crippen LogP contribution < -0.4 is 0 Å². The smallest absolute Gasteiger partial charge is 0.184 e. The summed E-state index contributed by atoms with van der Waals surface area (Å²) in [6.45, 7) is 2.31. The van der Waals surface area contributed by atoms with Crippen molar-refractivity contribution < 1.29 is 4.79 Å². The molecule has 0 fully saturated rings. The summed E-state index contributed by atoms with van der Waals surface area (Å²) >= 11 is 5.73. The van der Waals surface area contributed by atoms with Crippen LogP contribution in [0, 0.1) is 0 Å². The molecule has 0 aliphatic rings. The highest BCUT2D eigenvalue weighted by Gasteiger charge is 2.07. The first-order valence-corrected chi connectivity index (χ1v) is 5.87. The number of Topliss-reactive ketones (excluding diaryl/α,β-unsaturated/α-hetero) is 1. The molecular weight excluding hydrogens is 236 g/mol. The van der Waals surface area contributed by atoms with Crippen LogP contribution in [0.4, 0.5) is 0 Å². The summed E-state index contributed by atoms with van der Waals surface area (Å²) in [6, 6.07) is 7.66. The Morgan fingerprint density at radius 3 is 2.59 bits per heavy atom. The van der Waals surface area contributed by atoms with Crippen molar-refractivity contribution in [2.45, 2.75) is 19.9 Å². The molecule has 1 aromatic heterocycles. The number of halogens is 1. The highest BCUT2D eigenvalue weighted by atomic mass is 35.5. The van der Waals surface area contributed by atoms with E-state index in [-0.39, 0.29) is 12.3 Å². The van der Waals surface area contributed by atoms with E-state index < -0.39 is 0 Å². The van der Waals surface area contributed by atoms with Crippen molar-refractivity contribution in [3.05, 3.63) is 52.8 Å². The maximum Gasteiger partial charge on any atom is 0.184 e. The number of ketones is 1. The molecule has 88 valence electrons. The number of aromatic nitrogens is 2. The molecule has 0 aliphatic heterocycles. The molecule has 1 aromatic carbocycles. The highest BCUT2D eigenvalue weighted by molar-refractivity contribution is 6.30. The van der Waals surface area contributed by atoms with Crippen molar-refractivity contribution >= 4 is 17.4 Å². The number of hydrogen-bond acceptors (Lipinski definition) is 2. The second kappa shape index (κ2) is 5.15. The van der Waals surface area contributed by atoms with Gasteiger partial charge in [0.15, 0.2) is 5.78 Å². The van der Waals surface area contributed by atoms with Gasteiger partial charge in [-0.15, -0.1) is 0 Å². The number of carbonyl (C=O) groups is 1. The molecule has 17 heavy (non-hydrogen) atoms. The van der Waals surface area contributed by atoms with Gasteiger partial charge in [-0.2, -0.15) is 5.10 Å². The molecule has 0 bridgehead atoms. The minimum absolute atomic E-state index is 0.0346. The van der Waals surface area contributed by atoms with Gasteiger partial charge < -0.3 is 0 Å². The minimum atomic E-state index is 0.0346. The lowest BCUT2D eigenvalue weighted by Crippen LogP contribution is -2.10. The third-order valence-corrected chi connectivity index (χ3v) is 2.79. The monoisotopic (exact) mass is 248 g/mol. The van der Waals surface area contributed by atoms with E-state index in [1.807, 2.05) is 24.3 Å². The Labute approximate surface area is 105 Å². The molecule has 0 radical (unpaired) electrons. The standard InChI is InChI=1S/C13H13ClN2O/c1-2-10-3-5-11(6-4-10)13(17)9-16-8-12(14)7-15-16/h3-8H,2,9H2,1H3. The van der Waals surface area contributed by atoms with E-state index in [0.717, 1.165) is 6.42 Å². The van der Waals surface area contributed by atoms with E-state index in [2.05, 4.69) is 12.0 Å². The second-order valence-electron chi connectivity index (χ2n) is 3.83. The van der Waals surface area contributed by atoms with Gasteiger partial charge in [-0.1, -0.05) is 42.8 Å². The Balaban J connectivity index is 2.09. The molecule has 0 saturated heterocycles. The van der Waals surface area contributed by atoms with E-state index in [1.54, 1.807) is 10.9 Å². The van der Waals surface area contributed by atoms with Gasteiger partial charge in [-0.3, -0.25) is 9.48 Å². The topological polar surface area (TPSA) is 34.9 Å². The van der Waals surface area contributed by atoms with Gasteiger partial charge in [-0.25, -0.2) is 0 Å². The highest BCUT2D eigenvalue weighted by Crippen LogP contribution is 2.09. The van der Waals surface area contributed by atoms with Crippen molar-refractivity contribution in [1.29, 1.82) is 0 Å². The van der Waals surface area contributed by atoms with Crippen molar-refractivity contribution in [3.63, 3.8) is 0 Å². The van der Waals surface area contributed by atoms with Crippen LogP contribution in [0.3, 0.4) is 0 Å². The quantitative estimate of drug-likeness (QED) is 0.780. The van der Waals surface area contributed by atoms with Crippen LogP contribution in [0.25, 0.3) is 0 Å². The number of nitrogens with zero attached hydrogens (tertiary/aromatic N) is 2. The van der Waals surface area contributed by atoms with Crippen molar-refractivity contribution in [2.24, 2.45) is 0 Å². The third-order valence-electron chi connectivity index (χ3n) is 2.59. The van der Waals surface area contributed by atoms with Gasteiger partial charge in [-0.05, 0) is 12.0 Å². The SMILES string of the molecule is CCc1ccc(C(=O)Cn2cc(Cl)cn2)cc1. The van der Waals surface area contributed by atoms with E-state index >= 15 is 0 Å². The fraction of sp³-hybridized carbons (Fsp3) is 0.231. The van der Waals surface area contributed by atoms with Gasteiger partial charge >= 0.3 is 0 Å². The summed E-state index contributed by atoms with van der Waals surface area (Å²) in [7, 11) is 0. The normalized spacial score (nSPS) is 10.5. The lowest BCUT2D eigenvalue weighted by Gasteiger charge is -2.02. The van der Waals surface area contributed by atoms with Crippen LogP contribution in [0.5, 0.6) is 0 Å². The number of aryl methyl sites for hydroxylation is 1. The average Bonchev–Trinajstić information content (AvgIpc) is 2.75. The largest absolute Gasteiger partial charge is 0.292 e. The van der Waals surface area contributed by atoms with Gasteiger partial charge in [0.05, 0.1) is 11.2 Å². The van der Waals surface area contributed by atoms with Gasteiger partial charge in [0, 0.05) is 11.8 Å². The molecule has 0 unspecified atom stereocenters. The molecule has 2 rings (SSSR count). The molecule has 3 nitrogen and oxygen atoms in total. The predicted molar refractivity (Wildman–Crippen MR) is 67.4 cm³/mol. The fourth-order valence-corrected chi connectivity index (χ4v) is 1.75. The summed E-state index contributed by atoms with van der Waals surface area (Å²) in [4.78, 5) is 11.9. The maximum atomic E-state index is 11.9. The lowest BCUT2D eigenvalue weighted by atomic mass is 10.1. The van der Waals surface area contributed by atoms with Gasteiger partial charge in [0.25, 0.3) is 0 Å². The first-order valence-electron chi connectivity index (χ1n) is 5.49. The zero-order valence-electron chi connectivity index (χ0n) is 9.56. The van der Waals surface area contributed by atoms with Gasteiger partial charge in [0.1, 0.15) is 6.54 Å². The lowest BCUT2D eigenvalue weighted by molar-refractivity contribution is 0.0967. The van der Waals surface area contributed by atoms with Crippen molar-refractivity contribution in [2.75, 3.05) is 0 Å².